The fraction of sp³-hybridized carbons (Fsp3) is 0.269. The van der Waals surface area contributed by atoms with Crippen molar-refractivity contribution in [3.05, 3.63) is 77.4 Å². The largest absolute Gasteiger partial charge is 0.454 e. The Bertz CT molecular complexity index is 1160. The third-order valence-electron chi connectivity index (χ3n) is 6.29. The van der Waals surface area contributed by atoms with E-state index in [1.807, 2.05) is 54.6 Å². The number of rotatable bonds is 6. The van der Waals surface area contributed by atoms with Gasteiger partial charge in [-0.2, -0.15) is 0 Å². The van der Waals surface area contributed by atoms with Gasteiger partial charge in [-0.1, -0.05) is 36.4 Å². The molecule has 1 fully saturated rings. The fourth-order valence-corrected chi connectivity index (χ4v) is 4.33. The van der Waals surface area contributed by atoms with Crippen molar-refractivity contribution in [3.8, 4) is 22.6 Å². The van der Waals surface area contributed by atoms with Gasteiger partial charge in [-0.05, 0) is 78.3 Å². The standard InChI is InChI=1S/C26H25NO4.H2/c1-17-6-8-20(15-22(17)21-5-3-2-4-18(21)10-13-28)27-25(29)26(11-12-26)19-7-9-23-24(14-19)31-16-30-23;/h2-9,14-15,28H,10-13,16H2,1H3,(H,27,29);1H. The van der Waals surface area contributed by atoms with E-state index in [9.17, 15) is 9.90 Å². The summed E-state index contributed by atoms with van der Waals surface area (Å²) in [5.41, 5.74) is 5.60. The van der Waals surface area contributed by atoms with Gasteiger partial charge in [-0.15, -0.1) is 0 Å². The van der Waals surface area contributed by atoms with E-state index < -0.39 is 5.41 Å². The predicted molar refractivity (Wildman–Crippen MR) is 122 cm³/mol. The summed E-state index contributed by atoms with van der Waals surface area (Å²) >= 11 is 0. The summed E-state index contributed by atoms with van der Waals surface area (Å²) in [5.74, 6) is 1.43. The maximum absolute atomic E-state index is 13.3. The van der Waals surface area contributed by atoms with Crippen LogP contribution in [-0.4, -0.2) is 24.4 Å². The number of hydrogen-bond donors (Lipinski definition) is 2. The molecule has 1 heterocycles. The van der Waals surface area contributed by atoms with Crippen molar-refractivity contribution < 1.29 is 20.8 Å². The summed E-state index contributed by atoms with van der Waals surface area (Å²) in [7, 11) is 0. The molecule has 5 nitrogen and oxygen atoms in total. The quantitative estimate of drug-likeness (QED) is 0.602. The van der Waals surface area contributed by atoms with Crippen molar-refractivity contribution in [3.63, 3.8) is 0 Å². The molecule has 2 aliphatic rings. The number of aliphatic hydroxyl groups excluding tert-OH is 1. The number of aryl methyl sites for hydroxylation is 1. The lowest BCUT2D eigenvalue weighted by Gasteiger charge is -2.18. The van der Waals surface area contributed by atoms with Crippen LogP contribution in [0.3, 0.4) is 0 Å². The molecule has 160 valence electrons. The Hall–Kier alpha value is -3.31. The molecule has 0 saturated heterocycles. The molecule has 31 heavy (non-hydrogen) atoms. The van der Waals surface area contributed by atoms with Crippen LogP contribution in [0.5, 0.6) is 11.5 Å². The summed E-state index contributed by atoms with van der Waals surface area (Å²) in [6.07, 6.45) is 2.23. The molecule has 0 radical (unpaired) electrons. The van der Waals surface area contributed by atoms with E-state index in [2.05, 4.69) is 18.3 Å². The Morgan fingerprint density at radius 1 is 1.03 bits per heavy atom. The van der Waals surface area contributed by atoms with Crippen LogP contribution in [0, 0.1) is 6.92 Å². The first-order valence-corrected chi connectivity index (χ1v) is 10.6. The Labute approximate surface area is 183 Å². The number of benzene rings is 3. The highest BCUT2D eigenvalue weighted by atomic mass is 16.7. The Kier molecular flexibility index (Phi) is 4.91. The molecule has 3 aromatic rings. The first kappa shape index (κ1) is 19.6. The number of nitrogens with one attached hydrogen (secondary N) is 1. The number of carbonyl (C=O) groups excluding carboxylic acids is 1. The molecule has 5 heteroatoms. The van der Waals surface area contributed by atoms with Crippen molar-refractivity contribution >= 4 is 11.6 Å². The number of amides is 1. The van der Waals surface area contributed by atoms with Gasteiger partial charge in [0.25, 0.3) is 0 Å². The van der Waals surface area contributed by atoms with Crippen LogP contribution in [0.15, 0.2) is 60.7 Å². The Morgan fingerprint density at radius 2 is 1.84 bits per heavy atom. The van der Waals surface area contributed by atoms with Gasteiger partial charge in [-0.25, -0.2) is 0 Å². The van der Waals surface area contributed by atoms with E-state index in [4.69, 9.17) is 9.47 Å². The average Bonchev–Trinajstić information content (AvgIpc) is 3.47. The van der Waals surface area contributed by atoms with Crippen molar-refractivity contribution in [2.75, 3.05) is 18.7 Å². The molecule has 0 atom stereocenters. The van der Waals surface area contributed by atoms with Crippen LogP contribution in [0.25, 0.3) is 11.1 Å². The number of fused-ring (bicyclic) bond motifs is 1. The highest BCUT2D eigenvalue weighted by molar-refractivity contribution is 6.02. The van der Waals surface area contributed by atoms with Crippen LogP contribution in [0.2, 0.25) is 0 Å². The molecule has 0 bridgehead atoms. The molecule has 1 aliphatic carbocycles. The molecule has 2 N–H and O–H groups in total. The number of carbonyl (C=O) groups is 1. The second kappa shape index (κ2) is 7.75. The molecule has 0 unspecified atom stereocenters. The van der Waals surface area contributed by atoms with Gasteiger partial charge in [0, 0.05) is 13.7 Å². The van der Waals surface area contributed by atoms with Gasteiger partial charge in [0.2, 0.25) is 12.7 Å². The van der Waals surface area contributed by atoms with E-state index in [0.29, 0.717) is 12.2 Å². The Morgan fingerprint density at radius 3 is 2.65 bits per heavy atom. The predicted octanol–water partition coefficient (Wildman–Crippen LogP) is 4.84. The zero-order chi connectivity index (χ0) is 21.4. The number of anilines is 1. The van der Waals surface area contributed by atoms with E-state index in [1.165, 1.54) is 0 Å². The number of ether oxygens (including phenoxy) is 2. The second-order valence-corrected chi connectivity index (χ2v) is 8.26. The zero-order valence-corrected chi connectivity index (χ0v) is 17.5. The minimum absolute atomic E-state index is 0. The van der Waals surface area contributed by atoms with Crippen LogP contribution in [-0.2, 0) is 16.6 Å². The van der Waals surface area contributed by atoms with Crippen LogP contribution in [0.1, 0.15) is 31.0 Å². The number of aliphatic hydroxyl groups is 1. The maximum Gasteiger partial charge on any atom is 0.235 e. The smallest absolute Gasteiger partial charge is 0.235 e. The van der Waals surface area contributed by atoms with Crippen LogP contribution in [0.4, 0.5) is 5.69 Å². The normalized spacial score (nSPS) is 15.5. The van der Waals surface area contributed by atoms with E-state index in [1.54, 1.807) is 0 Å². The van der Waals surface area contributed by atoms with E-state index >= 15 is 0 Å². The van der Waals surface area contributed by atoms with Crippen molar-refractivity contribution in [1.82, 2.24) is 0 Å². The van der Waals surface area contributed by atoms with Gasteiger partial charge in [0.05, 0.1) is 5.41 Å². The molecule has 0 aromatic heterocycles. The SMILES string of the molecule is Cc1ccc(NC(=O)C2(c3ccc4c(c3)OCO4)CC2)cc1-c1ccccc1CCO.[HH]. The van der Waals surface area contributed by atoms with Gasteiger partial charge in [0.15, 0.2) is 11.5 Å². The van der Waals surface area contributed by atoms with E-state index in [0.717, 1.165) is 52.1 Å². The summed E-state index contributed by atoms with van der Waals surface area (Å²) < 4.78 is 10.9. The van der Waals surface area contributed by atoms with E-state index in [-0.39, 0.29) is 20.7 Å². The Balaban J connectivity index is 0.00000245. The molecule has 5 rings (SSSR count). The lowest BCUT2D eigenvalue weighted by Crippen LogP contribution is -2.27. The monoisotopic (exact) mass is 417 g/mol. The van der Waals surface area contributed by atoms with Crippen molar-refractivity contribution in [1.29, 1.82) is 0 Å². The fourth-order valence-electron chi connectivity index (χ4n) is 4.33. The van der Waals surface area contributed by atoms with Gasteiger partial charge in [0.1, 0.15) is 0 Å². The molecule has 1 amide bonds. The van der Waals surface area contributed by atoms with Crippen molar-refractivity contribution in [2.45, 2.75) is 31.6 Å². The zero-order valence-electron chi connectivity index (χ0n) is 17.5. The minimum atomic E-state index is -0.513. The van der Waals surface area contributed by atoms with Gasteiger partial charge < -0.3 is 19.9 Å². The lowest BCUT2D eigenvalue weighted by molar-refractivity contribution is -0.118. The third kappa shape index (κ3) is 3.55. The molecular weight excluding hydrogens is 390 g/mol. The van der Waals surface area contributed by atoms with Crippen LogP contribution < -0.4 is 14.8 Å². The molecule has 1 aliphatic heterocycles. The van der Waals surface area contributed by atoms with Gasteiger partial charge >= 0.3 is 0 Å². The summed E-state index contributed by atoms with van der Waals surface area (Å²) in [5, 5.41) is 12.6. The highest BCUT2D eigenvalue weighted by Gasteiger charge is 2.51. The first-order valence-electron chi connectivity index (χ1n) is 10.6. The first-order chi connectivity index (χ1) is 15.1. The lowest BCUT2D eigenvalue weighted by atomic mass is 9.93. The second-order valence-electron chi connectivity index (χ2n) is 8.26. The van der Waals surface area contributed by atoms with Crippen molar-refractivity contribution in [2.24, 2.45) is 0 Å². The average molecular weight is 418 g/mol. The maximum atomic E-state index is 13.3. The molecule has 3 aromatic carbocycles. The summed E-state index contributed by atoms with van der Waals surface area (Å²) in [6, 6.07) is 19.9. The summed E-state index contributed by atoms with van der Waals surface area (Å²) in [4.78, 5) is 13.3. The van der Waals surface area contributed by atoms with Gasteiger partial charge in [-0.3, -0.25) is 4.79 Å². The molecule has 0 spiro atoms. The highest BCUT2D eigenvalue weighted by Crippen LogP contribution is 2.51. The topological polar surface area (TPSA) is 67.8 Å². The number of hydrogen-bond acceptors (Lipinski definition) is 4. The third-order valence-corrected chi connectivity index (χ3v) is 6.29. The molecule has 1 saturated carbocycles. The van der Waals surface area contributed by atoms with Crippen LogP contribution >= 0.6 is 0 Å². The minimum Gasteiger partial charge on any atom is -0.454 e. The summed E-state index contributed by atoms with van der Waals surface area (Å²) in [6.45, 7) is 2.39. The molecular formula is C26H27NO4.